The smallest absolute Gasteiger partial charge is 0.251 e. The minimum absolute atomic E-state index is 0.00412. The molecule has 0 unspecified atom stereocenters. The van der Waals surface area contributed by atoms with Crippen molar-refractivity contribution in [1.29, 1.82) is 0 Å². The summed E-state index contributed by atoms with van der Waals surface area (Å²) in [6, 6.07) is 5.45. The number of hydrogen-bond acceptors (Lipinski definition) is 4. The fraction of sp³-hybridized carbons (Fsp3) is 0.533. The second kappa shape index (κ2) is 11.2. The van der Waals surface area contributed by atoms with Crippen LogP contribution in [-0.2, 0) is 10.0 Å². The lowest BCUT2D eigenvalue weighted by molar-refractivity contribution is 0.0955. The molecule has 6 nitrogen and oxygen atoms in total. The number of benzene rings is 1. The van der Waals surface area contributed by atoms with Gasteiger partial charge < -0.3 is 10.6 Å². The molecule has 1 rings (SSSR count). The van der Waals surface area contributed by atoms with E-state index in [2.05, 4.69) is 24.5 Å². The van der Waals surface area contributed by atoms with Crippen LogP contribution in [0.4, 0.5) is 0 Å². The van der Waals surface area contributed by atoms with Gasteiger partial charge in [0.2, 0.25) is 10.0 Å². The van der Waals surface area contributed by atoms with Crippen LogP contribution in [0.5, 0.6) is 0 Å². The Morgan fingerprint density at radius 2 is 1.55 bits per heavy atom. The fourth-order valence-electron chi connectivity index (χ4n) is 1.54. The van der Waals surface area contributed by atoms with Crippen molar-refractivity contribution in [3.63, 3.8) is 0 Å². The van der Waals surface area contributed by atoms with Gasteiger partial charge in [-0.15, -0.1) is 0 Å². The fourth-order valence-corrected chi connectivity index (χ4v) is 2.05. The van der Waals surface area contributed by atoms with E-state index in [4.69, 9.17) is 5.14 Å². The van der Waals surface area contributed by atoms with Gasteiger partial charge in [0.15, 0.2) is 0 Å². The van der Waals surface area contributed by atoms with Crippen molar-refractivity contribution in [1.82, 2.24) is 10.6 Å². The summed E-state index contributed by atoms with van der Waals surface area (Å²) in [5.41, 5.74) is 0.407. The molecule has 0 saturated carbocycles. The Kier molecular flexibility index (Phi) is 10.4. The molecule has 1 aromatic rings. The van der Waals surface area contributed by atoms with Gasteiger partial charge in [-0.1, -0.05) is 13.8 Å². The first-order valence-corrected chi connectivity index (χ1v) is 9.03. The van der Waals surface area contributed by atoms with E-state index in [9.17, 15) is 13.2 Å². The molecule has 0 atom stereocenters. The largest absolute Gasteiger partial charge is 0.352 e. The second-order valence-corrected chi connectivity index (χ2v) is 6.24. The molecule has 0 heterocycles. The lowest BCUT2D eigenvalue weighted by Gasteiger charge is -2.02. The third-order valence-electron chi connectivity index (χ3n) is 2.64. The Labute approximate surface area is 133 Å². The SMILES string of the molecule is CCCNCCC.CCNC(=O)c1ccc(S(N)(=O)=O)cc1. The lowest BCUT2D eigenvalue weighted by atomic mass is 10.2. The van der Waals surface area contributed by atoms with E-state index in [0.717, 1.165) is 0 Å². The minimum Gasteiger partial charge on any atom is -0.352 e. The number of rotatable bonds is 7. The van der Waals surface area contributed by atoms with Crippen molar-refractivity contribution < 1.29 is 13.2 Å². The molecule has 0 fully saturated rings. The first kappa shape index (κ1) is 20.6. The maximum atomic E-state index is 11.3. The molecule has 4 N–H and O–H groups in total. The van der Waals surface area contributed by atoms with Crippen LogP contribution in [0.2, 0.25) is 0 Å². The molecule has 0 aliphatic heterocycles. The van der Waals surface area contributed by atoms with Crippen LogP contribution in [0.1, 0.15) is 44.0 Å². The molecule has 0 saturated heterocycles. The number of primary sulfonamides is 1. The van der Waals surface area contributed by atoms with Gasteiger partial charge in [-0.25, -0.2) is 13.6 Å². The maximum absolute atomic E-state index is 11.3. The highest BCUT2D eigenvalue weighted by Crippen LogP contribution is 2.08. The predicted octanol–water partition coefficient (Wildman–Crippen LogP) is 1.48. The maximum Gasteiger partial charge on any atom is 0.251 e. The van der Waals surface area contributed by atoms with Gasteiger partial charge >= 0.3 is 0 Å². The molecular formula is C15H27N3O3S. The summed E-state index contributed by atoms with van der Waals surface area (Å²) in [4.78, 5) is 11.3. The van der Waals surface area contributed by atoms with E-state index < -0.39 is 10.0 Å². The number of amides is 1. The Morgan fingerprint density at radius 3 is 1.91 bits per heavy atom. The Balaban J connectivity index is 0.000000534. The monoisotopic (exact) mass is 329 g/mol. The van der Waals surface area contributed by atoms with Crippen LogP contribution in [0.15, 0.2) is 29.2 Å². The highest BCUT2D eigenvalue weighted by Gasteiger charge is 2.09. The zero-order valence-corrected chi connectivity index (χ0v) is 14.4. The van der Waals surface area contributed by atoms with Gasteiger partial charge in [0, 0.05) is 12.1 Å². The zero-order valence-electron chi connectivity index (χ0n) is 13.6. The quantitative estimate of drug-likeness (QED) is 0.659. The summed E-state index contributed by atoms with van der Waals surface area (Å²) in [6.45, 7) is 9.04. The summed E-state index contributed by atoms with van der Waals surface area (Å²) in [5, 5.41) is 10.8. The molecule has 7 heteroatoms. The van der Waals surface area contributed by atoms with Crippen molar-refractivity contribution in [3.8, 4) is 0 Å². The molecule has 1 amide bonds. The third-order valence-corrected chi connectivity index (χ3v) is 3.57. The van der Waals surface area contributed by atoms with Crippen molar-refractivity contribution in [2.45, 2.75) is 38.5 Å². The Hall–Kier alpha value is -1.44. The third kappa shape index (κ3) is 8.76. The normalized spacial score (nSPS) is 10.5. The molecule has 0 spiro atoms. The molecule has 22 heavy (non-hydrogen) atoms. The van der Waals surface area contributed by atoms with Crippen LogP contribution in [-0.4, -0.2) is 34.0 Å². The van der Waals surface area contributed by atoms with Gasteiger partial charge in [-0.3, -0.25) is 4.79 Å². The number of sulfonamides is 1. The summed E-state index contributed by atoms with van der Waals surface area (Å²) < 4.78 is 21.8. The topological polar surface area (TPSA) is 101 Å². The van der Waals surface area contributed by atoms with Crippen LogP contribution in [0.25, 0.3) is 0 Å². The molecule has 126 valence electrons. The van der Waals surface area contributed by atoms with Crippen LogP contribution < -0.4 is 15.8 Å². The lowest BCUT2D eigenvalue weighted by Crippen LogP contribution is -2.22. The molecular weight excluding hydrogens is 302 g/mol. The standard InChI is InChI=1S/C9H12N2O3S.C6H15N/c1-2-11-9(12)7-3-5-8(6-4-7)15(10,13)14;1-3-5-7-6-4-2/h3-6H,2H2,1H3,(H,11,12)(H2,10,13,14);7H,3-6H2,1-2H3. The van der Waals surface area contributed by atoms with E-state index in [1.54, 1.807) is 6.92 Å². The summed E-state index contributed by atoms with van der Waals surface area (Å²) >= 11 is 0. The van der Waals surface area contributed by atoms with E-state index in [0.29, 0.717) is 12.1 Å². The first-order chi connectivity index (χ1) is 10.4. The van der Waals surface area contributed by atoms with Crippen LogP contribution in [0.3, 0.4) is 0 Å². The highest BCUT2D eigenvalue weighted by atomic mass is 32.2. The number of nitrogens with one attached hydrogen (secondary N) is 2. The zero-order chi connectivity index (χ0) is 17.0. The molecule has 0 radical (unpaired) electrons. The first-order valence-electron chi connectivity index (χ1n) is 7.48. The average Bonchev–Trinajstić information content (AvgIpc) is 2.48. The van der Waals surface area contributed by atoms with Crippen molar-refractivity contribution >= 4 is 15.9 Å². The molecule has 0 aliphatic rings. The number of hydrogen-bond donors (Lipinski definition) is 3. The minimum atomic E-state index is -3.69. The highest BCUT2D eigenvalue weighted by molar-refractivity contribution is 7.89. The van der Waals surface area contributed by atoms with Crippen molar-refractivity contribution in [3.05, 3.63) is 29.8 Å². The van der Waals surface area contributed by atoms with Crippen LogP contribution >= 0.6 is 0 Å². The van der Waals surface area contributed by atoms with E-state index in [1.165, 1.54) is 50.2 Å². The second-order valence-electron chi connectivity index (χ2n) is 4.68. The molecule has 0 aliphatic carbocycles. The van der Waals surface area contributed by atoms with E-state index in [1.807, 2.05) is 0 Å². The van der Waals surface area contributed by atoms with Gasteiger partial charge in [0.1, 0.15) is 0 Å². The summed E-state index contributed by atoms with van der Waals surface area (Å²) in [6.07, 6.45) is 2.50. The van der Waals surface area contributed by atoms with Crippen LogP contribution in [0, 0.1) is 0 Å². The van der Waals surface area contributed by atoms with Crippen molar-refractivity contribution in [2.24, 2.45) is 5.14 Å². The summed E-state index contributed by atoms with van der Waals surface area (Å²) in [7, 11) is -3.69. The van der Waals surface area contributed by atoms with Gasteiger partial charge in [-0.05, 0) is 57.1 Å². The Bertz CT molecular complexity index is 523. The van der Waals surface area contributed by atoms with E-state index in [-0.39, 0.29) is 10.8 Å². The van der Waals surface area contributed by atoms with Gasteiger partial charge in [0.25, 0.3) is 5.91 Å². The molecule has 1 aromatic carbocycles. The molecule has 0 aromatic heterocycles. The van der Waals surface area contributed by atoms with Crippen molar-refractivity contribution in [2.75, 3.05) is 19.6 Å². The van der Waals surface area contributed by atoms with E-state index >= 15 is 0 Å². The number of carbonyl (C=O) groups excluding carboxylic acids is 1. The number of carbonyl (C=O) groups is 1. The predicted molar refractivity (Wildman–Crippen MR) is 89.3 cm³/mol. The summed E-state index contributed by atoms with van der Waals surface area (Å²) in [5.74, 6) is -0.238. The average molecular weight is 329 g/mol. The molecule has 0 bridgehead atoms. The Morgan fingerprint density at radius 1 is 1.05 bits per heavy atom. The van der Waals surface area contributed by atoms with Gasteiger partial charge in [-0.2, -0.15) is 0 Å². The van der Waals surface area contributed by atoms with Gasteiger partial charge in [0.05, 0.1) is 4.90 Å². The number of nitrogens with two attached hydrogens (primary N) is 1.